The Bertz CT molecular complexity index is 519. The third kappa shape index (κ3) is 4.20. The fraction of sp³-hybridized carbons (Fsp3) is 0.455. The van der Waals surface area contributed by atoms with Gasteiger partial charge < -0.3 is 5.11 Å². The number of aliphatic hydroxyl groups is 1. The van der Waals surface area contributed by atoms with Crippen molar-refractivity contribution in [2.24, 2.45) is 0 Å². The molecule has 0 aliphatic heterocycles. The minimum Gasteiger partial charge on any atom is -0.393 e. The summed E-state index contributed by atoms with van der Waals surface area (Å²) in [5.74, 6) is -0.903. The van der Waals surface area contributed by atoms with Crippen molar-refractivity contribution in [1.82, 2.24) is 4.72 Å². The lowest BCUT2D eigenvalue weighted by molar-refractivity contribution is 0.175. The van der Waals surface area contributed by atoms with Gasteiger partial charge in [-0.25, -0.2) is 17.5 Å². The molecule has 102 valence electrons. The predicted octanol–water partition coefficient (Wildman–Crippen LogP) is 1.92. The second kappa shape index (κ2) is 5.97. The first-order valence-electron chi connectivity index (χ1n) is 5.38. The van der Waals surface area contributed by atoms with Gasteiger partial charge in [0.15, 0.2) is 0 Å². The molecule has 0 amide bonds. The van der Waals surface area contributed by atoms with Crippen molar-refractivity contribution in [1.29, 1.82) is 0 Å². The maximum absolute atomic E-state index is 13.5. The minimum absolute atomic E-state index is 0.128. The molecule has 1 aromatic rings. The Hall–Kier alpha value is -0.690. The highest BCUT2D eigenvalue weighted by atomic mass is 35.5. The second-order valence-electron chi connectivity index (χ2n) is 4.18. The Labute approximate surface area is 111 Å². The number of sulfonamides is 1. The first-order chi connectivity index (χ1) is 8.22. The van der Waals surface area contributed by atoms with E-state index in [2.05, 4.69) is 4.72 Å². The number of hydrogen-bond donors (Lipinski definition) is 2. The maximum atomic E-state index is 13.5. The maximum Gasteiger partial charge on any atom is 0.243 e. The highest BCUT2D eigenvalue weighted by molar-refractivity contribution is 7.89. The van der Waals surface area contributed by atoms with Gasteiger partial charge in [0.2, 0.25) is 10.0 Å². The van der Waals surface area contributed by atoms with Gasteiger partial charge in [0.05, 0.1) is 6.10 Å². The fourth-order valence-electron chi connectivity index (χ4n) is 1.58. The Balaban J connectivity index is 2.93. The molecule has 0 aromatic heterocycles. The van der Waals surface area contributed by atoms with Gasteiger partial charge in [0, 0.05) is 11.1 Å². The molecule has 1 aromatic carbocycles. The van der Waals surface area contributed by atoms with Crippen LogP contribution in [0.5, 0.6) is 0 Å². The monoisotopic (exact) mass is 295 g/mol. The molecule has 0 spiro atoms. The molecule has 1 rings (SSSR count). The van der Waals surface area contributed by atoms with Crippen LogP contribution < -0.4 is 4.72 Å². The van der Waals surface area contributed by atoms with E-state index in [1.807, 2.05) is 0 Å². The third-order valence-electron chi connectivity index (χ3n) is 2.23. The lowest BCUT2D eigenvalue weighted by Crippen LogP contribution is -2.35. The van der Waals surface area contributed by atoms with E-state index >= 15 is 0 Å². The smallest absolute Gasteiger partial charge is 0.243 e. The van der Waals surface area contributed by atoms with Crippen molar-refractivity contribution in [2.45, 2.75) is 37.3 Å². The fourth-order valence-corrected chi connectivity index (χ4v) is 3.06. The Morgan fingerprint density at radius 2 is 2.06 bits per heavy atom. The predicted molar refractivity (Wildman–Crippen MR) is 67.5 cm³/mol. The third-order valence-corrected chi connectivity index (χ3v) is 4.09. The Kier molecular flexibility index (Phi) is 5.10. The summed E-state index contributed by atoms with van der Waals surface area (Å²) in [4.78, 5) is -0.454. The molecule has 4 nitrogen and oxygen atoms in total. The first kappa shape index (κ1) is 15.4. The molecule has 0 bridgehead atoms. The van der Waals surface area contributed by atoms with Gasteiger partial charge in [-0.3, -0.25) is 0 Å². The van der Waals surface area contributed by atoms with Crippen molar-refractivity contribution in [3.8, 4) is 0 Å². The topological polar surface area (TPSA) is 66.4 Å². The normalized spacial score (nSPS) is 15.4. The van der Waals surface area contributed by atoms with E-state index in [4.69, 9.17) is 16.7 Å². The molecular weight excluding hydrogens is 281 g/mol. The van der Waals surface area contributed by atoms with Gasteiger partial charge in [0.25, 0.3) is 0 Å². The van der Waals surface area contributed by atoms with Crippen LogP contribution >= 0.6 is 11.6 Å². The zero-order valence-electron chi connectivity index (χ0n) is 10.0. The van der Waals surface area contributed by atoms with Crippen molar-refractivity contribution >= 4 is 21.6 Å². The molecule has 0 saturated carbocycles. The van der Waals surface area contributed by atoms with Crippen LogP contribution in [0.2, 0.25) is 5.02 Å². The molecule has 0 saturated heterocycles. The summed E-state index contributed by atoms with van der Waals surface area (Å²) in [7, 11) is -3.95. The second-order valence-corrected chi connectivity index (χ2v) is 6.30. The van der Waals surface area contributed by atoms with Crippen LogP contribution in [0.1, 0.15) is 20.3 Å². The van der Waals surface area contributed by atoms with E-state index in [0.717, 1.165) is 12.1 Å². The Morgan fingerprint density at radius 1 is 1.44 bits per heavy atom. The molecule has 2 unspecified atom stereocenters. The van der Waals surface area contributed by atoms with Crippen molar-refractivity contribution in [3.05, 3.63) is 29.0 Å². The Morgan fingerprint density at radius 3 is 2.56 bits per heavy atom. The molecule has 0 fully saturated rings. The highest BCUT2D eigenvalue weighted by Gasteiger charge is 2.22. The highest BCUT2D eigenvalue weighted by Crippen LogP contribution is 2.19. The van der Waals surface area contributed by atoms with Crippen molar-refractivity contribution < 1.29 is 17.9 Å². The van der Waals surface area contributed by atoms with E-state index in [9.17, 15) is 12.8 Å². The summed E-state index contributed by atoms with van der Waals surface area (Å²) in [6.45, 7) is 3.14. The number of benzene rings is 1. The van der Waals surface area contributed by atoms with Crippen LogP contribution in [0.3, 0.4) is 0 Å². The lowest BCUT2D eigenvalue weighted by Gasteiger charge is -2.15. The van der Waals surface area contributed by atoms with Gasteiger partial charge in [-0.15, -0.1) is 0 Å². The van der Waals surface area contributed by atoms with Gasteiger partial charge >= 0.3 is 0 Å². The zero-order valence-corrected chi connectivity index (χ0v) is 11.6. The summed E-state index contributed by atoms with van der Waals surface area (Å²) in [5.41, 5.74) is 0. The molecule has 0 radical (unpaired) electrons. The van der Waals surface area contributed by atoms with Crippen LogP contribution in [0, 0.1) is 5.82 Å². The van der Waals surface area contributed by atoms with E-state index < -0.39 is 32.9 Å². The van der Waals surface area contributed by atoms with Crippen LogP contribution in [0.15, 0.2) is 23.1 Å². The summed E-state index contributed by atoms with van der Waals surface area (Å²) in [5, 5.41) is 9.28. The molecule has 18 heavy (non-hydrogen) atoms. The molecule has 0 aliphatic rings. The van der Waals surface area contributed by atoms with Crippen LogP contribution in [0.4, 0.5) is 4.39 Å². The van der Waals surface area contributed by atoms with Crippen molar-refractivity contribution in [3.63, 3.8) is 0 Å². The molecule has 2 N–H and O–H groups in total. The molecule has 0 aliphatic carbocycles. The molecule has 0 heterocycles. The van der Waals surface area contributed by atoms with Gasteiger partial charge in [0.1, 0.15) is 10.7 Å². The zero-order chi connectivity index (χ0) is 13.9. The van der Waals surface area contributed by atoms with E-state index in [1.54, 1.807) is 13.8 Å². The first-order valence-corrected chi connectivity index (χ1v) is 7.24. The summed E-state index contributed by atoms with van der Waals surface area (Å²) >= 11 is 5.55. The number of hydrogen-bond acceptors (Lipinski definition) is 3. The van der Waals surface area contributed by atoms with Gasteiger partial charge in [-0.05, 0) is 38.5 Å². The standard InChI is InChI=1S/C11H15ClFNO3S/c1-7(5-8(2)15)14-18(16,17)11-4-3-9(12)6-10(11)13/h3-4,6-8,14-15H,5H2,1-2H3. The summed E-state index contributed by atoms with van der Waals surface area (Å²) in [6, 6.07) is 2.85. The minimum atomic E-state index is -3.95. The largest absolute Gasteiger partial charge is 0.393 e. The summed E-state index contributed by atoms with van der Waals surface area (Å²) < 4.78 is 39.6. The van der Waals surface area contributed by atoms with Crippen LogP contribution in [0.25, 0.3) is 0 Å². The molecule has 7 heteroatoms. The number of aliphatic hydroxyl groups excluding tert-OH is 1. The number of rotatable bonds is 5. The molecule has 2 atom stereocenters. The summed E-state index contributed by atoms with van der Waals surface area (Å²) in [6.07, 6.45) is -0.396. The lowest BCUT2D eigenvalue weighted by atomic mass is 10.2. The molecular formula is C11H15ClFNO3S. The van der Waals surface area contributed by atoms with E-state index in [1.165, 1.54) is 6.07 Å². The van der Waals surface area contributed by atoms with Gasteiger partial charge in [-0.2, -0.15) is 0 Å². The average molecular weight is 296 g/mol. The SMILES string of the molecule is CC(O)CC(C)NS(=O)(=O)c1ccc(Cl)cc1F. The average Bonchev–Trinajstić information content (AvgIpc) is 2.13. The number of nitrogens with one attached hydrogen (secondary N) is 1. The van der Waals surface area contributed by atoms with E-state index in [-0.39, 0.29) is 11.4 Å². The van der Waals surface area contributed by atoms with Gasteiger partial charge in [-0.1, -0.05) is 11.6 Å². The van der Waals surface area contributed by atoms with Crippen molar-refractivity contribution in [2.75, 3.05) is 0 Å². The van der Waals surface area contributed by atoms with Crippen LogP contribution in [-0.2, 0) is 10.0 Å². The van der Waals surface area contributed by atoms with Crippen LogP contribution in [-0.4, -0.2) is 25.7 Å². The van der Waals surface area contributed by atoms with E-state index in [0.29, 0.717) is 0 Å². The quantitative estimate of drug-likeness (QED) is 0.872. The number of halogens is 2.